The highest BCUT2D eigenvalue weighted by molar-refractivity contribution is 5.33. The number of rotatable bonds is 5. The largest absolute Gasteiger partial charge is 0.491 e. The molecule has 0 heterocycles. The second-order valence-electron chi connectivity index (χ2n) is 7.59. The summed E-state index contributed by atoms with van der Waals surface area (Å²) in [7, 11) is 1.30. The normalized spacial score (nSPS) is 29.8. The predicted molar refractivity (Wildman–Crippen MR) is 93.3 cm³/mol. The molecule has 24 heavy (non-hydrogen) atoms. The molecule has 1 aromatic rings. The number of fused-ring (bicyclic) bond motifs is 1. The number of hydrogen-bond acceptors (Lipinski definition) is 1. The van der Waals surface area contributed by atoms with Crippen molar-refractivity contribution >= 4 is 0 Å². The molecular weight excluding hydrogens is 306 g/mol. The first-order valence-corrected chi connectivity index (χ1v) is 9.26. The standard InChI is InChI=1S/C21H28F2O/c1-3-4-5-14-6-7-16-11-17(9-8-15(16)10-14)18-12-19(22)21(24-2)20(23)13-18/h3,12-17H,1,4-11H2,2H3. The van der Waals surface area contributed by atoms with Crippen LogP contribution in [0, 0.1) is 29.4 Å². The van der Waals surface area contributed by atoms with Gasteiger partial charge in [0.1, 0.15) is 0 Å². The molecule has 3 rings (SSSR count). The quantitative estimate of drug-likeness (QED) is 0.579. The fourth-order valence-electron chi connectivity index (χ4n) is 4.92. The molecule has 0 amide bonds. The van der Waals surface area contributed by atoms with Crippen molar-refractivity contribution in [2.75, 3.05) is 7.11 Å². The molecular formula is C21H28F2O. The van der Waals surface area contributed by atoms with E-state index in [2.05, 4.69) is 6.58 Å². The fraction of sp³-hybridized carbons (Fsp3) is 0.619. The molecule has 4 atom stereocenters. The van der Waals surface area contributed by atoms with Crippen molar-refractivity contribution < 1.29 is 13.5 Å². The maximum absolute atomic E-state index is 14.0. The van der Waals surface area contributed by atoms with Gasteiger partial charge in [0.2, 0.25) is 0 Å². The fourth-order valence-corrected chi connectivity index (χ4v) is 4.92. The Labute approximate surface area is 144 Å². The van der Waals surface area contributed by atoms with Gasteiger partial charge in [-0.25, -0.2) is 8.78 Å². The minimum atomic E-state index is -0.581. The van der Waals surface area contributed by atoms with Gasteiger partial charge in [0, 0.05) is 0 Å². The summed E-state index contributed by atoms with van der Waals surface area (Å²) in [4.78, 5) is 0. The van der Waals surface area contributed by atoms with E-state index < -0.39 is 11.6 Å². The van der Waals surface area contributed by atoms with Gasteiger partial charge in [0.15, 0.2) is 17.4 Å². The first-order valence-electron chi connectivity index (χ1n) is 9.26. The lowest BCUT2D eigenvalue weighted by molar-refractivity contribution is 0.114. The summed E-state index contributed by atoms with van der Waals surface area (Å²) < 4.78 is 32.8. The van der Waals surface area contributed by atoms with Crippen LogP contribution in [0.3, 0.4) is 0 Å². The van der Waals surface area contributed by atoms with Crippen LogP contribution in [0.15, 0.2) is 24.8 Å². The summed E-state index contributed by atoms with van der Waals surface area (Å²) in [6.45, 7) is 3.83. The lowest BCUT2D eigenvalue weighted by Crippen LogP contribution is -2.30. The van der Waals surface area contributed by atoms with Crippen LogP contribution in [0.1, 0.15) is 62.8 Å². The molecule has 0 radical (unpaired) electrons. The molecule has 0 aliphatic heterocycles. The number of allylic oxidation sites excluding steroid dienone is 1. The highest BCUT2D eigenvalue weighted by Crippen LogP contribution is 2.48. The Hall–Kier alpha value is -1.38. The van der Waals surface area contributed by atoms with Gasteiger partial charge >= 0.3 is 0 Å². The third-order valence-electron chi connectivity index (χ3n) is 6.20. The van der Waals surface area contributed by atoms with Crippen LogP contribution in [0.2, 0.25) is 0 Å². The zero-order valence-electron chi connectivity index (χ0n) is 14.6. The summed E-state index contributed by atoms with van der Waals surface area (Å²) in [5.41, 5.74) is 0.804. The highest BCUT2D eigenvalue weighted by atomic mass is 19.1. The van der Waals surface area contributed by atoms with Crippen molar-refractivity contribution in [3.05, 3.63) is 42.0 Å². The van der Waals surface area contributed by atoms with Crippen LogP contribution in [-0.2, 0) is 0 Å². The molecule has 0 bridgehead atoms. The number of benzene rings is 1. The molecule has 2 fully saturated rings. The second kappa shape index (κ2) is 7.67. The third kappa shape index (κ3) is 3.65. The van der Waals surface area contributed by atoms with Gasteiger partial charge in [-0.1, -0.05) is 12.5 Å². The Balaban J connectivity index is 1.65. The van der Waals surface area contributed by atoms with Crippen molar-refractivity contribution in [1.82, 2.24) is 0 Å². The number of hydrogen-bond donors (Lipinski definition) is 0. The average Bonchev–Trinajstić information content (AvgIpc) is 2.59. The highest BCUT2D eigenvalue weighted by Gasteiger charge is 2.36. The zero-order valence-corrected chi connectivity index (χ0v) is 14.6. The smallest absolute Gasteiger partial charge is 0.190 e. The van der Waals surface area contributed by atoms with E-state index >= 15 is 0 Å². The van der Waals surface area contributed by atoms with Gasteiger partial charge in [-0.15, -0.1) is 6.58 Å². The molecule has 0 spiro atoms. The first-order chi connectivity index (χ1) is 11.6. The summed E-state index contributed by atoms with van der Waals surface area (Å²) >= 11 is 0. The minimum Gasteiger partial charge on any atom is -0.491 e. The molecule has 0 aromatic heterocycles. The lowest BCUT2D eigenvalue weighted by atomic mass is 9.63. The molecule has 4 unspecified atom stereocenters. The Bertz CT molecular complexity index is 560. The topological polar surface area (TPSA) is 9.23 Å². The molecule has 2 aliphatic rings. The second-order valence-corrected chi connectivity index (χ2v) is 7.59. The maximum atomic E-state index is 14.0. The Morgan fingerprint density at radius 3 is 2.42 bits per heavy atom. The molecule has 1 nitrogen and oxygen atoms in total. The maximum Gasteiger partial charge on any atom is 0.190 e. The molecule has 2 aliphatic carbocycles. The number of methoxy groups -OCH3 is 1. The summed E-state index contributed by atoms with van der Waals surface area (Å²) in [6.07, 6.45) is 11.6. The van der Waals surface area contributed by atoms with E-state index in [0.29, 0.717) is 0 Å². The van der Waals surface area contributed by atoms with Crippen LogP contribution < -0.4 is 4.74 Å². The summed E-state index contributed by atoms with van der Waals surface area (Å²) in [6, 6.07) is 2.95. The van der Waals surface area contributed by atoms with Crippen LogP contribution in [-0.4, -0.2) is 7.11 Å². The first kappa shape index (κ1) is 17.4. The van der Waals surface area contributed by atoms with Crippen LogP contribution in [0.25, 0.3) is 0 Å². The monoisotopic (exact) mass is 334 g/mol. The van der Waals surface area contributed by atoms with E-state index in [1.165, 1.54) is 51.3 Å². The number of halogens is 2. The Morgan fingerprint density at radius 2 is 1.75 bits per heavy atom. The molecule has 132 valence electrons. The van der Waals surface area contributed by atoms with Crippen molar-refractivity contribution in [3.63, 3.8) is 0 Å². The summed E-state index contributed by atoms with van der Waals surface area (Å²) in [5.74, 6) is 1.22. The van der Waals surface area contributed by atoms with Crippen molar-refractivity contribution in [2.45, 2.75) is 57.3 Å². The van der Waals surface area contributed by atoms with E-state index in [0.717, 1.165) is 42.6 Å². The van der Waals surface area contributed by atoms with Crippen molar-refractivity contribution in [1.29, 1.82) is 0 Å². The van der Waals surface area contributed by atoms with E-state index in [1.807, 2.05) is 6.08 Å². The Morgan fingerprint density at radius 1 is 1.08 bits per heavy atom. The van der Waals surface area contributed by atoms with Crippen LogP contribution in [0.4, 0.5) is 8.78 Å². The average molecular weight is 334 g/mol. The zero-order chi connectivity index (χ0) is 17.1. The van der Waals surface area contributed by atoms with Gasteiger partial charge in [-0.2, -0.15) is 0 Å². The molecule has 0 N–H and O–H groups in total. The van der Waals surface area contributed by atoms with E-state index in [4.69, 9.17) is 4.74 Å². The van der Waals surface area contributed by atoms with Crippen molar-refractivity contribution in [2.24, 2.45) is 17.8 Å². The third-order valence-corrected chi connectivity index (χ3v) is 6.20. The van der Waals surface area contributed by atoms with Gasteiger partial charge in [0.25, 0.3) is 0 Å². The lowest BCUT2D eigenvalue weighted by Gasteiger charge is -2.42. The Kier molecular flexibility index (Phi) is 5.57. The minimum absolute atomic E-state index is 0.268. The SMILES string of the molecule is C=CCCC1CCC2CC(c3cc(F)c(OC)c(F)c3)CCC2C1. The van der Waals surface area contributed by atoms with Crippen molar-refractivity contribution in [3.8, 4) is 5.75 Å². The number of ether oxygens (including phenoxy) is 1. The molecule has 1 aromatic carbocycles. The van der Waals surface area contributed by atoms with E-state index in [9.17, 15) is 8.78 Å². The van der Waals surface area contributed by atoms with Gasteiger partial charge in [0.05, 0.1) is 7.11 Å². The van der Waals surface area contributed by atoms with E-state index in [1.54, 1.807) is 0 Å². The molecule has 0 saturated heterocycles. The molecule has 2 saturated carbocycles. The van der Waals surface area contributed by atoms with Crippen LogP contribution in [0.5, 0.6) is 5.75 Å². The summed E-state index contributed by atoms with van der Waals surface area (Å²) in [5, 5.41) is 0. The predicted octanol–water partition coefficient (Wildman–Crippen LogP) is 6.24. The van der Waals surface area contributed by atoms with Gasteiger partial charge in [-0.3, -0.25) is 0 Å². The molecule has 3 heteroatoms. The van der Waals surface area contributed by atoms with Gasteiger partial charge in [-0.05, 0) is 86.3 Å². The van der Waals surface area contributed by atoms with E-state index in [-0.39, 0.29) is 11.7 Å². The van der Waals surface area contributed by atoms with Crippen LogP contribution >= 0.6 is 0 Å². The van der Waals surface area contributed by atoms with Gasteiger partial charge < -0.3 is 4.74 Å².